The number of rotatable bonds is 5. The lowest BCUT2D eigenvalue weighted by molar-refractivity contribution is -0.573. The SMILES string of the molecule is COc1cccc(Cc2nc3c(s2)c2cnn(Cc4cccc5c4C=N[NH2+]5)c(=O)c2n3C)n1. The molecule has 2 N–H and O–H groups in total. The van der Waals surface area contributed by atoms with Crippen LogP contribution in [0.5, 0.6) is 5.88 Å². The largest absolute Gasteiger partial charge is 0.481 e. The maximum Gasteiger partial charge on any atom is 0.291 e. The first kappa shape index (κ1) is 19.8. The Morgan fingerprint density at radius 1 is 1.15 bits per heavy atom. The minimum Gasteiger partial charge on any atom is -0.481 e. The number of quaternary nitrogens is 1. The third-order valence-corrected chi connectivity index (χ3v) is 6.94. The summed E-state index contributed by atoms with van der Waals surface area (Å²) in [4.78, 5) is 22.6. The van der Waals surface area contributed by atoms with Gasteiger partial charge in [-0.2, -0.15) is 10.5 Å². The van der Waals surface area contributed by atoms with Crippen LogP contribution in [0, 0.1) is 0 Å². The van der Waals surface area contributed by atoms with Gasteiger partial charge < -0.3 is 9.30 Å². The molecule has 5 aromatic rings. The molecule has 0 saturated heterocycles. The van der Waals surface area contributed by atoms with Crippen LogP contribution in [0.15, 0.2) is 52.5 Å². The summed E-state index contributed by atoms with van der Waals surface area (Å²) in [6.07, 6.45) is 4.20. The fourth-order valence-electron chi connectivity index (χ4n) is 4.24. The van der Waals surface area contributed by atoms with E-state index < -0.39 is 0 Å². The number of hydrogen-bond acceptors (Lipinski definition) is 7. The van der Waals surface area contributed by atoms with Gasteiger partial charge in [0, 0.05) is 31.0 Å². The van der Waals surface area contributed by atoms with E-state index >= 15 is 0 Å². The quantitative estimate of drug-likeness (QED) is 0.320. The number of aryl methyl sites for hydroxylation is 1. The van der Waals surface area contributed by atoms with Gasteiger partial charge in [-0.25, -0.2) is 14.6 Å². The van der Waals surface area contributed by atoms with E-state index in [1.54, 1.807) is 24.6 Å². The zero-order valence-corrected chi connectivity index (χ0v) is 18.8. The highest BCUT2D eigenvalue weighted by molar-refractivity contribution is 7.19. The number of pyridine rings is 1. The number of ether oxygens (including phenoxy) is 1. The zero-order chi connectivity index (χ0) is 22.5. The third kappa shape index (κ3) is 3.22. The Kier molecular flexibility index (Phi) is 4.56. The number of thiazole rings is 1. The minimum absolute atomic E-state index is 0.132. The molecule has 33 heavy (non-hydrogen) atoms. The summed E-state index contributed by atoms with van der Waals surface area (Å²) in [5.41, 5.74) is 7.08. The second-order valence-electron chi connectivity index (χ2n) is 7.86. The van der Waals surface area contributed by atoms with Crippen LogP contribution in [-0.2, 0) is 20.0 Å². The highest BCUT2D eigenvalue weighted by atomic mass is 32.1. The summed E-state index contributed by atoms with van der Waals surface area (Å²) in [5, 5.41) is 10.5. The summed E-state index contributed by atoms with van der Waals surface area (Å²) >= 11 is 1.57. The Hall–Kier alpha value is -3.89. The van der Waals surface area contributed by atoms with E-state index in [4.69, 9.17) is 9.72 Å². The highest BCUT2D eigenvalue weighted by Gasteiger charge is 2.20. The van der Waals surface area contributed by atoms with Gasteiger partial charge >= 0.3 is 0 Å². The predicted octanol–water partition coefficient (Wildman–Crippen LogP) is 1.93. The average molecular weight is 459 g/mol. The predicted molar refractivity (Wildman–Crippen MR) is 126 cm³/mol. The molecule has 0 radical (unpaired) electrons. The molecule has 0 aliphatic carbocycles. The molecule has 10 heteroatoms. The maximum atomic E-state index is 13.4. The summed E-state index contributed by atoms with van der Waals surface area (Å²) in [6, 6.07) is 11.7. The van der Waals surface area contributed by atoms with E-state index in [-0.39, 0.29) is 5.56 Å². The van der Waals surface area contributed by atoms with Crippen molar-refractivity contribution >= 4 is 44.5 Å². The van der Waals surface area contributed by atoms with Gasteiger partial charge in [0.25, 0.3) is 5.56 Å². The standard InChI is InChI=1S/C23H19N7O2S/c1-29-20-16(21-22(29)27-19(33-21)9-14-6-4-8-18(26-14)32-2)11-25-30(23(20)31)12-13-5-3-7-17-15(13)10-24-28-17/h3-8,10-11H,9,12H2,1-2H3,(H,24,28)/p+1. The van der Waals surface area contributed by atoms with Crippen molar-refractivity contribution in [3.8, 4) is 5.88 Å². The molecule has 1 aromatic carbocycles. The number of aromatic nitrogens is 5. The summed E-state index contributed by atoms with van der Waals surface area (Å²) in [6.45, 7) is 0.386. The van der Waals surface area contributed by atoms with Gasteiger partial charge in [0.15, 0.2) is 11.3 Å². The summed E-state index contributed by atoms with van der Waals surface area (Å²) in [5.74, 6) is 0.581. The molecule has 1 aliphatic rings. The second kappa shape index (κ2) is 7.61. The molecule has 0 amide bonds. The molecule has 5 heterocycles. The fraction of sp³-hybridized carbons (Fsp3) is 0.174. The van der Waals surface area contributed by atoms with Crippen LogP contribution >= 0.6 is 11.3 Å². The first-order valence-electron chi connectivity index (χ1n) is 10.4. The third-order valence-electron chi connectivity index (χ3n) is 5.86. The monoisotopic (exact) mass is 458 g/mol. The van der Waals surface area contributed by atoms with E-state index in [1.807, 2.05) is 59.7 Å². The first-order chi connectivity index (χ1) is 16.1. The Morgan fingerprint density at radius 2 is 2.03 bits per heavy atom. The fourth-order valence-corrected chi connectivity index (χ4v) is 5.36. The number of nitrogens with two attached hydrogens (primary N) is 1. The Morgan fingerprint density at radius 3 is 2.91 bits per heavy atom. The molecule has 1 aliphatic heterocycles. The van der Waals surface area contributed by atoms with E-state index in [1.165, 1.54) is 4.68 Å². The van der Waals surface area contributed by atoms with Crippen LogP contribution in [0.1, 0.15) is 21.8 Å². The number of benzene rings is 1. The van der Waals surface area contributed by atoms with Crippen LogP contribution in [0.2, 0.25) is 0 Å². The lowest BCUT2D eigenvalue weighted by Gasteiger charge is -2.07. The molecule has 0 fully saturated rings. The van der Waals surface area contributed by atoms with Crippen molar-refractivity contribution in [2.75, 3.05) is 7.11 Å². The molecule has 0 spiro atoms. The van der Waals surface area contributed by atoms with Crippen LogP contribution in [0.25, 0.3) is 21.3 Å². The molecular formula is C23H20N7O2S+. The van der Waals surface area contributed by atoms with Gasteiger partial charge in [-0.1, -0.05) is 23.3 Å². The maximum absolute atomic E-state index is 13.4. The number of fused-ring (bicyclic) bond motifs is 4. The molecule has 6 rings (SSSR count). The molecule has 0 unspecified atom stereocenters. The van der Waals surface area contributed by atoms with Gasteiger partial charge in [0.1, 0.15) is 10.5 Å². The molecule has 9 nitrogen and oxygen atoms in total. The minimum atomic E-state index is -0.132. The average Bonchev–Trinajstić information content (AvgIpc) is 3.53. The van der Waals surface area contributed by atoms with Crippen LogP contribution in [0.4, 0.5) is 5.69 Å². The summed E-state index contributed by atoms with van der Waals surface area (Å²) < 4.78 is 9.56. The van der Waals surface area contributed by atoms with E-state index in [2.05, 4.69) is 15.2 Å². The topological polar surface area (TPSA) is 104 Å². The van der Waals surface area contributed by atoms with Gasteiger partial charge in [0.2, 0.25) is 5.88 Å². The Labute approximate surface area is 192 Å². The summed E-state index contributed by atoms with van der Waals surface area (Å²) in [7, 11) is 3.48. The van der Waals surface area contributed by atoms with E-state index in [0.29, 0.717) is 24.4 Å². The Balaban J connectivity index is 1.39. The lowest BCUT2D eigenvalue weighted by atomic mass is 10.1. The zero-order valence-electron chi connectivity index (χ0n) is 18.0. The number of methoxy groups -OCH3 is 1. The van der Waals surface area contributed by atoms with Crippen molar-refractivity contribution in [2.24, 2.45) is 12.1 Å². The first-order valence-corrected chi connectivity index (χ1v) is 11.3. The van der Waals surface area contributed by atoms with Crippen molar-refractivity contribution in [3.05, 3.63) is 74.8 Å². The molecule has 0 saturated carbocycles. The van der Waals surface area contributed by atoms with Crippen molar-refractivity contribution in [1.29, 1.82) is 0 Å². The smallest absolute Gasteiger partial charge is 0.291 e. The van der Waals surface area contributed by atoms with Crippen molar-refractivity contribution in [1.82, 2.24) is 24.3 Å². The number of hydrogen-bond donors (Lipinski definition) is 1. The molecule has 4 aromatic heterocycles. The molecular weight excluding hydrogens is 438 g/mol. The van der Waals surface area contributed by atoms with Crippen molar-refractivity contribution in [3.63, 3.8) is 0 Å². The van der Waals surface area contributed by atoms with Crippen LogP contribution in [0.3, 0.4) is 0 Å². The van der Waals surface area contributed by atoms with Crippen molar-refractivity contribution in [2.45, 2.75) is 13.0 Å². The Bertz CT molecular complexity index is 1630. The normalized spacial score (nSPS) is 12.7. The molecule has 0 bridgehead atoms. The van der Waals surface area contributed by atoms with Gasteiger partial charge in [0.05, 0.1) is 42.0 Å². The number of nitrogens with zero attached hydrogens (tertiary/aromatic N) is 6. The molecule has 0 atom stereocenters. The van der Waals surface area contributed by atoms with Crippen LogP contribution in [-0.4, -0.2) is 37.6 Å². The molecule has 164 valence electrons. The lowest BCUT2D eigenvalue weighted by Crippen LogP contribution is -2.69. The van der Waals surface area contributed by atoms with E-state index in [9.17, 15) is 4.79 Å². The second-order valence-corrected chi connectivity index (χ2v) is 8.95. The van der Waals surface area contributed by atoms with Gasteiger partial charge in [-0.15, -0.1) is 11.3 Å². The van der Waals surface area contributed by atoms with Gasteiger partial charge in [-0.05, 0) is 11.6 Å². The van der Waals surface area contributed by atoms with E-state index in [0.717, 1.165) is 43.2 Å². The van der Waals surface area contributed by atoms with Crippen LogP contribution < -0.4 is 15.7 Å². The van der Waals surface area contributed by atoms with Gasteiger partial charge in [-0.3, -0.25) is 4.79 Å². The van der Waals surface area contributed by atoms with Crippen molar-refractivity contribution < 1.29 is 10.2 Å². The highest BCUT2D eigenvalue weighted by Crippen LogP contribution is 2.31.